The van der Waals surface area contributed by atoms with E-state index in [1.807, 2.05) is 42.6 Å². The third-order valence-electron chi connectivity index (χ3n) is 4.16. The van der Waals surface area contributed by atoms with Crippen LogP contribution in [0.25, 0.3) is 0 Å². The van der Waals surface area contributed by atoms with E-state index in [1.54, 1.807) is 24.3 Å². The van der Waals surface area contributed by atoms with Crippen molar-refractivity contribution >= 4 is 46.3 Å². The van der Waals surface area contributed by atoms with E-state index in [0.717, 1.165) is 4.90 Å². The van der Waals surface area contributed by atoms with Crippen molar-refractivity contribution in [1.82, 2.24) is 0 Å². The maximum absolute atomic E-state index is 12.6. The molecule has 0 bridgehead atoms. The third kappa shape index (κ3) is 4.72. The number of anilines is 2. The van der Waals surface area contributed by atoms with Gasteiger partial charge in [0.05, 0.1) is 10.1 Å². The minimum Gasteiger partial charge on any atom is -0.454 e. The van der Waals surface area contributed by atoms with Crippen molar-refractivity contribution in [2.75, 3.05) is 17.4 Å². The highest BCUT2D eigenvalue weighted by Crippen LogP contribution is 2.34. The lowest BCUT2D eigenvalue weighted by molar-refractivity contribution is -0.115. The first kappa shape index (κ1) is 19.4. The molecule has 2 heterocycles. The second-order valence-corrected chi connectivity index (χ2v) is 8.64. The Morgan fingerprint density at radius 1 is 1.00 bits per heavy atom. The van der Waals surface area contributed by atoms with Gasteiger partial charge in [-0.25, -0.2) is 0 Å². The predicted octanol–water partition coefficient (Wildman–Crippen LogP) is 4.85. The molecule has 3 aromatic rings. The number of benzene rings is 2. The van der Waals surface area contributed by atoms with Crippen LogP contribution in [0.1, 0.15) is 16.6 Å². The van der Waals surface area contributed by atoms with Crippen LogP contribution in [-0.4, -0.2) is 23.9 Å². The molecule has 0 saturated heterocycles. The van der Waals surface area contributed by atoms with E-state index in [2.05, 4.69) is 10.6 Å². The molecular formula is C21H18N2O4S2. The van der Waals surface area contributed by atoms with Crippen molar-refractivity contribution in [3.05, 3.63) is 64.9 Å². The molecule has 2 N–H and O–H groups in total. The van der Waals surface area contributed by atoms with Crippen LogP contribution < -0.4 is 20.1 Å². The summed E-state index contributed by atoms with van der Waals surface area (Å²) >= 11 is 2.81. The van der Waals surface area contributed by atoms with Crippen LogP contribution >= 0.6 is 23.1 Å². The highest BCUT2D eigenvalue weighted by Gasteiger charge is 2.18. The van der Waals surface area contributed by atoms with Gasteiger partial charge in [0, 0.05) is 22.3 Å². The van der Waals surface area contributed by atoms with Crippen molar-refractivity contribution in [2.24, 2.45) is 0 Å². The van der Waals surface area contributed by atoms with Gasteiger partial charge in [-0.1, -0.05) is 12.1 Å². The topological polar surface area (TPSA) is 76.7 Å². The zero-order valence-corrected chi connectivity index (χ0v) is 17.1. The molecule has 4 rings (SSSR count). The lowest BCUT2D eigenvalue weighted by atomic mass is 10.2. The van der Waals surface area contributed by atoms with Gasteiger partial charge in [0.15, 0.2) is 11.5 Å². The van der Waals surface area contributed by atoms with Gasteiger partial charge in [0.2, 0.25) is 12.7 Å². The molecule has 8 heteroatoms. The van der Waals surface area contributed by atoms with E-state index < -0.39 is 0 Å². The number of amides is 2. The largest absolute Gasteiger partial charge is 0.454 e. The minimum atomic E-state index is -0.330. The number of thioether (sulfide) groups is 1. The first-order chi connectivity index (χ1) is 14.1. The van der Waals surface area contributed by atoms with Crippen LogP contribution in [0.3, 0.4) is 0 Å². The number of thiophene rings is 1. The van der Waals surface area contributed by atoms with E-state index in [1.165, 1.54) is 23.1 Å². The van der Waals surface area contributed by atoms with Crippen molar-refractivity contribution in [1.29, 1.82) is 0 Å². The average Bonchev–Trinajstić information content (AvgIpc) is 3.40. The summed E-state index contributed by atoms with van der Waals surface area (Å²) < 4.78 is 10.6. The second-order valence-electron chi connectivity index (χ2n) is 6.28. The Morgan fingerprint density at radius 2 is 1.83 bits per heavy atom. The normalized spacial score (nSPS) is 13.0. The van der Waals surface area contributed by atoms with Gasteiger partial charge in [-0.3, -0.25) is 9.59 Å². The fourth-order valence-corrected chi connectivity index (χ4v) is 4.27. The Labute approximate surface area is 176 Å². The van der Waals surface area contributed by atoms with Crippen LogP contribution in [0, 0.1) is 0 Å². The molecule has 29 heavy (non-hydrogen) atoms. The number of hydrogen-bond donors (Lipinski definition) is 2. The first-order valence-corrected chi connectivity index (χ1v) is 10.7. The molecule has 1 aliphatic rings. The van der Waals surface area contributed by atoms with Crippen LogP contribution in [0.15, 0.2) is 64.9 Å². The molecule has 1 unspecified atom stereocenters. The van der Waals surface area contributed by atoms with E-state index >= 15 is 0 Å². The molecule has 6 nitrogen and oxygen atoms in total. The summed E-state index contributed by atoms with van der Waals surface area (Å²) in [6.45, 7) is 2.03. The Bertz CT molecular complexity index is 1040. The first-order valence-electron chi connectivity index (χ1n) is 8.90. The molecule has 1 aromatic heterocycles. The number of rotatable bonds is 6. The van der Waals surface area contributed by atoms with Crippen LogP contribution in [0.2, 0.25) is 0 Å². The van der Waals surface area contributed by atoms with Crippen molar-refractivity contribution in [2.45, 2.75) is 17.1 Å². The van der Waals surface area contributed by atoms with Gasteiger partial charge in [0.1, 0.15) is 0 Å². The lowest BCUT2D eigenvalue weighted by Crippen LogP contribution is -2.22. The van der Waals surface area contributed by atoms with Gasteiger partial charge in [-0.05, 0) is 48.7 Å². The number of nitrogens with one attached hydrogen (secondary N) is 2. The molecule has 0 saturated carbocycles. The molecule has 0 fully saturated rings. The molecule has 0 radical (unpaired) electrons. The minimum absolute atomic E-state index is 0.123. The third-order valence-corrected chi connectivity index (χ3v) is 6.12. The Balaban J connectivity index is 1.37. The smallest absolute Gasteiger partial charge is 0.265 e. The standard InChI is InChI=1S/C21H18N2O4S2/c1-13(20(24)22-15-7-8-17-18(11-15)27-12-26-17)29-16-5-2-4-14(10-16)23-21(25)19-6-3-9-28-19/h2-11,13H,12H2,1H3,(H,22,24)(H,23,25). The highest BCUT2D eigenvalue weighted by molar-refractivity contribution is 8.00. The number of carbonyl (C=O) groups excluding carboxylic acids is 2. The van der Waals surface area contributed by atoms with E-state index in [4.69, 9.17) is 9.47 Å². The molecule has 2 aromatic carbocycles. The molecular weight excluding hydrogens is 408 g/mol. The maximum atomic E-state index is 12.6. The molecule has 0 spiro atoms. The highest BCUT2D eigenvalue weighted by atomic mass is 32.2. The average molecular weight is 427 g/mol. The molecule has 0 aliphatic carbocycles. The Hall–Kier alpha value is -2.97. The summed E-state index contributed by atoms with van der Waals surface area (Å²) in [6.07, 6.45) is 0. The fraction of sp³-hybridized carbons (Fsp3) is 0.143. The van der Waals surface area contributed by atoms with Crippen LogP contribution in [0.5, 0.6) is 11.5 Å². The number of ether oxygens (including phenoxy) is 2. The quantitative estimate of drug-likeness (QED) is 0.551. The predicted molar refractivity (Wildman–Crippen MR) is 115 cm³/mol. The molecule has 2 amide bonds. The summed E-state index contributed by atoms with van der Waals surface area (Å²) in [6, 6.07) is 16.4. The van der Waals surface area contributed by atoms with Crippen LogP contribution in [0.4, 0.5) is 11.4 Å². The van der Waals surface area contributed by atoms with E-state index in [0.29, 0.717) is 27.8 Å². The van der Waals surface area contributed by atoms with Gasteiger partial charge >= 0.3 is 0 Å². The maximum Gasteiger partial charge on any atom is 0.265 e. The Kier molecular flexibility index (Phi) is 5.73. The van der Waals surface area contributed by atoms with Gasteiger partial charge in [-0.2, -0.15) is 0 Å². The molecule has 1 aliphatic heterocycles. The van der Waals surface area contributed by atoms with E-state index in [9.17, 15) is 9.59 Å². The second kappa shape index (κ2) is 8.59. The summed E-state index contributed by atoms with van der Waals surface area (Å²) in [7, 11) is 0. The monoisotopic (exact) mass is 426 g/mol. The zero-order valence-electron chi connectivity index (χ0n) is 15.5. The van der Waals surface area contributed by atoms with Gasteiger partial charge in [-0.15, -0.1) is 23.1 Å². The SMILES string of the molecule is CC(Sc1cccc(NC(=O)c2cccs2)c1)C(=O)Nc1ccc2c(c1)OCO2. The molecule has 1 atom stereocenters. The summed E-state index contributed by atoms with van der Waals surface area (Å²) in [4.78, 5) is 26.3. The van der Waals surface area contributed by atoms with Crippen LogP contribution in [-0.2, 0) is 4.79 Å². The van der Waals surface area contributed by atoms with Gasteiger partial charge < -0.3 is 20.1 Å². The van der Waals surface area contributed by atoms with Gasteiger partial charge in [0.25, 0.3) is 5.91 Å². The number of carbonyl (C=O) groups is 2. The lowest BCUT2D eigenvalue weighted by Gasteiger charge is -2.13. The van der Waals surface area contributed by atoms with Crippen molar-refractivity contribution in [3.63, 3.8) is 0 Å². The number of fused-ring (bicyclic) bond motifs is 1. The summed E-state index contributed by atoms with van der Waals surface area (Å²) in [5.74, 6) is 1.03. The Morgan fingerprint density at radius 3 is 2.66 bits per heavy atom. The zero-order chi connectivity index (χ0) is 20.2. The summed E-state index contributed by atoms with van der Waals surface area (Å²) in [5, 5.41) is 7.31. The van der Waals surface area contributed by atoms with Crippen molar-refractivity contribution in [3.8, 4) is 11.5 Å². The molecule has 148 valence electrons. The fourth-order valence-electron chi connectivity index (χ4n) is 2.72. The van der Waals surface area contributed by atoms with Crippen molar-refractivity contribution < 1.29 is 19.1 Å². The van der Waals surface area contributed by atoms with E-state index in [-0.39, 0.29) is 23.9 Å². The summed E-state index contributed by atoms with van der Waals surface area (Å²) in [5.41, 5.74) is 1.35. The number of hydrogen-bond acceptors (Lipinski definition) is 6.